The van der Waals surface area contributed by atoms with Crippen LogP contribution in [0.15, 0.2) is 0 Å². The van der Waals surface area contributed by atoms with Gasteiger partial charge < -0.3 is 10.6 Å². The first kappa shape index (κ1) is 12.4. The number of rotatable bonds is 4. The number of hydrogen-bond acceptors (Lipinski definition) is 2. The van der Waals surface area contributed by atoms with E-state index in [-0.39, 0.29) is 11.9 Å². The molecule has 0 spiro atoms. The van der Waals surface area contributed by atoms with Gasteiger partial charge in [-0.25, -0.2) is 0 Å². The number of nitrogens with two attached hydrogens (primary N) is 1. The Balaban J connectivity index is 2.78. The summed E-state index contributed by atoms with van der Waals surface area (Å²) in [6, 6.07) is 0.254. The van der Waals surface area contributed by atoms with Gasteiger partial charge in [-0.15, -0.1) is 0 Å². The maximum atomic E-state index is 12.2. The molecule has 1 saturated carbocycles. The highest BCUT2D eigenvalue weighted by molar-refractivity contribution is 7.80. The summed E-state index contributed by atoms with van der Waals surface area (Å²) in [5, 5.41) is 0. The molecule has 86 valence electrons. The molecule has 1 unspecified atom stereocenters. The molecule has 1 atom stereocenters. The summed E-state index contributed by atoms with van der Waals surface area (Å²) in [6.07, 6.45) is 3.65. The fourth-order valence-electron chi connectivity index (χ4n) is 1.91. The number of nitrogens with zero attached hydrogens (tertiary/aromatic N) is 1. The highest BCUT2D eigenvalue weighted by atomic mass is 32.1. The molecule has 1 fully saturated rings. The maximum absolute atomic E-state index is 12.2. The minimum Gasteiger partial charge on any atom is -0.392 e. The first-order valence-corrected chi connectivity index (χ1v) is 5.93. The summed E-state index contributed by atoms with van der Waals surface area (Å²) in [5.74, 6) is 0.107. The van der Waals surface area contributed by atoms with Crippen molar-refractivity contribution in [3.05, 3.63) is 0 Å². The lowest BCUT2D eigenvalue weighted by atomic mass is 9.67. The van der Waals surface area contributed by atoms with Crippen LogP contribution in [0, 0.1) is 5.41 Å². The third kappa shape index (κ3) is 2.00. The largest absolute Gasteiger partial charge is 0.392 e. The van der Waals surface area contributed by atoms with Crippen LogP contribution in [0.1, 0.15) is 39.5 Å². The zero-order valence-corrected chi connectivity index (χ0v) is 10.6. The van der Waals surface area contributed by atoms with Crippen LogP contribution >= 0.6 is 12.2 Å². The molecule has 1 aliphatic carbocycles. The zero-order valence-electron chi connectivity index (χ0n) is 9.75. The van der Waals surface area contributed by atoms with Gasteiger partial charge in [0.25, 0.3) is 0 Å². The van der Waals surface area contributed by atoms with Crippen molar-refractivity contribution >= 4 is 23.1 Å². The van der Waals surface area contributed by atoms with Crippen LogP contribution in [-0.2, 0) is 4.79 Å². The summed E-state index contributed by atoms with van der Waals surface area (Å²) in [5.41, 5.74) is 5.18. The van der Waals surface area contributed by atoms with Crippen molar-refractivity contribution in [2.75, 3.05) is 7.05 Å². The second kappa shape index (κ2) is 4.47. The Kier molecular flexibility index (Phi) is 3.71. The SMILES string of the molecule is CCC(C)N(C)C(=O)C1(C(N)=S)CCC1. The highest BCUT2D eigenvalue weighted by Gasteiger charge is 2.48. The van der Waals surface area contributed by atoms with Gasteiger partial charge in [-0.2, -0.15) is 0 Å². The van der Waals surface area contributed by atoms with E-state index in [1.54, 1.807) is 4.90 Å². The molecule has 0 aliphatic heterocycles. The van der Waals surface area contributed by atoms with E-state index < -0.39 is 5.41 Å². The van der Waals surface area contributed by atoms with Crippen molar-refractivity contribution in [2.45, 2.75) is 45.6 Å². The van der Waals surface area contributed by atoms with Crippen molar-refractivity contribution in [2.24, 2.45) is 11.1 Å². The van der Waals surface area contributed by atoms with E-state index in [1.165, 1.54) is 0 Å². The summed E-state index contributed by atoms with van der Waals surface area (Å²) in [6.45, 7) is 4.12. The molecule has 1 amide bonds. The molecular formula is C11H20N2OS. The molecule has 0 aromatic carbocycles. The van der Waals surface area contributed by atoms with Gasteiger partial charge in [0.05, 0.1) is 10.4 Å². The van der Waals surface area contributed by atoms with Gasteiger partial charge in [-0.3, -0.25) is 4.79 Å². The van der Waals surface area contributed by atoms with E-state index in [2.05, 4.69) is 6.92 Å². The number of carbonyl (C=O) groups is 1. The molecule has 1 aliphatic rings. The fourth-order valence-corrected chi connectivity index (χ4v) is 2.20. The predicted octanol–water partition coefficient (Wildman–Crippen LogP) is 1.70. The quantitative estimate of drug-likeness (QED) is 0.745. The third-order valence-corrected chi connectivity index (χ3v) is 4.05. The van der Waals surface area contributed by atoms with E-state index in [0.717, 1.165) is 25.7 Å². The van der Waals surface area contributed by atoms with Crippen molar-refractivity contribution < 1.29 is 4.79 Å². The lowest BCUT2D eigenvalue weighted by molar-refractivity contribution is -0.142. The smallest absolute Gasteiger partial charge is 0.235 e. The molecule has 0 bridgehead atoms. The third-order valence-electron chi connectivity index (χ3n) is 3.66. The zero-order chi connectivity index (χ0) is 11.6. The minimum absolute atomic E-state index is 0.107. The molecule has 4 heteroatoms. The van der Waals surface area contributed by atoms with E-state index in [1.807, 2.05) is 14.0 Å². The number of amides is 1. The van der Waals surface area contributed by atoms with Gasteiger partial charge in [0.1, 0.15) is 0 Å². The van der Waals surface area contributed by atoms with E-state index in [4.69, 9.17) is 18.0 Å². The lowest BCUT2D eigenvalue weighted by Gasteiger charge is -2.43. The topological polar surface area (TPSA) is 46.3 Å². The lowest BCUT2D eigenvalue weighted by Crippen LogP contribution is -2.55. The van der Waals surface area contributed by atoms with Crippen LogP contribution < -0.4 is 5.73 Å². The fraction of sp³-hybridized carbons (Fsp3) is 0.818. The van der Waals surface area contributed by atoms with Crippen LogP contribution in [0.3, 0.4) is 0 Å². The average molecular weight is 228 g/mol. The van der Waals surface area contributed by atoms with Crippen LogP contribution in [0.25, 0.3) is 0 Å². The predicted molar refractivity (Wildman–Crippen MR) is 65.6 cm³/mol. The van der Waals surface area contributed by atoms with Crippen molar-refractivity contribution in [1.29, 1.82) is 0 Å². The summed E-state index contributed by atoms with van der Waals surface area (Å²) in [7, 11) is 1.84. The molecule has 0 radical (unpaired) electrons. The molecule has 15 heavy (non-hydrogen) atoms. The monoisotopic (exact) mass is 228 g/mol. The molecule has 2 N–H and O–H groups in total. The Labute approximate surface area is 97.0 Å². The Morgan fingerprint density at radius 2 is 2.13 bits per heavy atom. The Morgan fingerprint density at radius 1 is 1.60 bits per heavy atom. The van der Waals surface area contributed by atoms with Gasteiger partial charge >= 0.3 is 0 Å². The Bertz CT molecular complexity index is 274. The Morgan fingerprint density at radius 3 is 2.40 bits per heavy atom. The second-order valence-electron chi connectivity index (χ2n) is 4.47. The standard InChI is InChI=1S/C11H20N2OS/c1-4-8(2)13(3)10(14)11(9(12)15)6-5-7-11/h8H,4-7H2,1-3H3,(H2,12,15). The van der Waals surface area contributed by atoms with Gasteiger partial charge in [-0.1, -0.05) is 25.6 Å². The summed E-state index contributed by atoms with van der Waals surface area (Å²) >= 11 is 5.03. The van der Waals surface area contributed by atoms with Crippen molar-refractivity contribution in [3.8, 4) is 0 Å². The van der Waals surface area contributed by atoms with Crippen LogP contribution in [0.2, 0.25) is 0 Å². The van der Waals surface area contributed by atoms with E-state index >= 15 is 0 Å². The van der Waals surface area contributed by atoms with Crippen molar-refractivity contribution in [1.82, 2.24) is 4.90 Å². The number of thiocarbonyl (C=S) groups is 1. The molecule has 1 rings (SSSR count). The van der Waals surface area contributed by atoms with Crippen LogP contribution in [0.4, 0.5) is 0 Å². The van der Waals surface area contributed by atoms with Gasteiger partial charge in [0.2, 0.25) is 5.91 Å². The summed E-state index contributed by atoms with van der Waals surface area (Å²) in [4.78, 5) is 14.4. The maximum Gasteiger partial charge on any atom is 0.235 e. The molecular weight excluding hydrogens is 208 g/mol. The first-order valence-electron chi connectivity index (χ1n) is 5.53. The normalized spacial score (nSPS) is 20.2. The second-order valence-corrected chi connectivity index (χ2v) is 4.91. The molecule has 0 aromatic rings. The summed E-state index contributed by atoms with van der Waals surface area (Å²) < 4.78 is 0. The molecule has 0 saturated heterocycles. The van der Waals surface area contributed by atoms with E-state index in [0.29, 0.717) is 4.99 Å². The van der Waals surface area contributed by atoms with E-state index in [9.17, 15) is 4.79 Å². The Hall–Kier alpha value is -0.640. The molecule has 0 aromatic heterocycles. The highest BCUT2D eigenvalue weighted by Crippen LogP contribution is 2.43. The minimum atomic E-state index is -0.520. The van der Waals surface area contributed by atoms with Gasteiger partial charge in [0.15, 0.2) is 0 Å². The van der Waals surface area contributed by atoms with Crippen LogP contribution in [-0.4, -0.2) is 28.9 Å². The first-order chi connectivity index (χ1) is 6.95. The average Bonchev–Trinajstić information content (AvgIpc) is 2.12. The van der Waals surface area contributed by atoms with Crippen LogP contribution in [0.5, 0.6) is 0 Å². The molecule has 3 nitrogen and oxygen atoms in total. The molecule has 0 heterocycles. The van der Waals surface area contributed by atoms with Crippen molar-refractivity contribution in [3.63, 3.8) is 0 Å². The van der Waals surface area contributed by atoms with Gasteiger partial charge in [0, 0.05) is 13.1 Å². The number of hydrogen-bond donors (Lipinski definition) is 1. The van der Waals surface area contributed by atoms with Gasteiger partial charge in [-0.05, 0) is 26.2 Å². The number of carbonyl (C=O) groups excluding carboxylic acids is 1.